The molecule has 0 atom stereocenters. The van der Waals surface area contributed by atoms with Gasteiger partial charge in [-0.05, 0) is 66.2 Å². The van der Waals surface area contributed by atoms with Crippen LogP contribution in [0.25, 0.3) is 6.08 Å². The summed E-state index contributed by atoms with van der Waals surface area (Å²) >= 11 is 0. The number of hydrogen-bond acceptors (Lipinski definition) is 3. The van der Waals surface area contributed by atoms with E-state index in [4.69, 9.17) is 0 Å². The molecule has 0 aliphatic rings. The van der Waals surface area contributed by atoms with Crippen LogP contribution in [0.15, 0.2) is 109 Å². The molecule has 0 fully saturated rings. The fourth-order valence-corrected chi connectivity index (χ4v) is 8.13. The van der Waals surface area contributed by atoms with Gasteiger partial charge in [-0.2, -0.15) is 39.5 Å². The van der Waals surface area contributed by atoms with Crippen LogP contribution in [0.1, 0.15) is 22.3 Å². The Morgan fingerprint density at radius 3 is 1.23 bits per heavy atom. The fraction of sp³-hybridized carbons (Fsp3) is 0.133. The summed E-state index contributed by atoms with van der Waals surface area (Å²) in [5.74, 6) is 0. The predicted octanol–water partition coefficient (Wildman–Crippen LogP) is 7.90. The first-order valence-electron chi connectivity index (χ1n) is 12.3. The molecule has 4 rings (SSSR count). The Kier molecular flexibility index (Phi) is 10.1. The summed E-state index contributed by atoms with van der Waals surface area (Å²) < 4.78 is 152. The highest BCUT2D eigenvalue weighted by atomic mass is 32.2. The molecule has 0 saturated heterocycles. The normalized spacial score (nSPS) is 12.7. The molecule has 0 saturated carbocycles. The molecule has 0 aliphatic carbocycles. The number of halogens is 9. The second-order valence-electron chi connectivity index (χ2n) is 9.35. The minimum atomic E-state index is -4.73. The van der Waals surface area contributed by atoms with Crippen LogP contribution in [-0.2, 0) is 28.6 Å². The first kappa shape index (κ1) is 34.8. The van der Waals surface area contributed by atoms with E-state index >= 15 is 0 Å². The van der Waals surface area contributed by atoms with Crippen molar-refractivity contribution in [2.45, 2.75) is 23.4 Å². The van der Waals surface area contributed by atoms with Gasteiger partial charge in [-0.1, -0.05) is 49.1 Å². The van der Waals surface area contributed by atoms with Gasteiger partial charge in [0.05, 0.1) is 28.3 Å². The molecule has 0 N–H and O–H groups in total. The van der Waals surface area contributed by atoms with Gasteiger partial charge < -0.3 is 4.55 Å². The van der Waals surface area contributed by atoms with Crippen LogP contribution in [0.3, 0.4) is 0 Å². The van der Waals surface area contributed by atoms with E-state index in [2.05, 4.69) is 6.58 Å². The van der Waals surface area contributed by atoms with Crippen LogP contribution in [0, 0.1) is 0 Å². The maximum absolute atomic E-state index is 13.3. The molecule has 14 heteroatoms. The SMILES string of the molecule is C=Cc1ccccc1S(=O)(=O)[O-].C[P+](c1cccc(C(F)(F)F)c1)(c1cccc(C(F)(F)F)c1)c1cccc(C(F)(F)F)c1. The van der Waals surface area contributed by atoms with Gasteiger partial charge in [0.25, 0.3) is 0 Å². The minimum absolute atomic E-state index is 0.00553. The van der Waals surface area contributed by atoms with Crippen molar-refractivity contribution < 1.29 is 52.5 Å². The first-order valence-corrected chi connectivity index (χ1v) is 15.9. The van der Waals surface area contributed by atoms with Gasteiger partial charge in [0, 0.05) is 0 Å². The molecule has 44 heavy (non-hydrogen) atoms. The summed E-state index contributed by atoms with van der Waals surface area (Å²) in [6, 6.07) is 17.9. The molecule has 0 heterocycles. The maximum atomic E-state index is 13.3. The monoisotopic (exact) mass is 664 g/mol. The third kappa shape index (κ3) is 8.08. The van der Waals surface area contributed by atoms with Crippen molar-refractivity contribution in [3.8, 4) is 0 Å². The second-order valence-corrected chi connectivity index (χ2v) is 14.3. The van der Waals surface area contributed by atoms with Crippen LogP contribution >= 0.6 is 7.26 Å². The average Bonchev–Trinajstić information content (AvgIpc) is 2.95. The highest BCUT2D eigenvalue weighted by Gasteiger charge is 2.45. The third-order valence-corrected chi connectivity index (χ3v) is 11.3. The second kappa shape index (κ2) is 12.7. The number of alkyl halides is 9. The minimum Gasteiger partial charge on any atom is -0.744 e. The van der Waals surface area contributed by atoms with Crippen molar-refractivity contribution in [2.24, 2.45) is 0 Å². The first-order chi connectivity index (χ1) is 20.2. The van der Waals surface area contributed by atoms with Crippen molar-refractivity contribution in [1.82, 2.24) is 0 Å². The lowest BCUT2D eigenvalue weighted by atomic mass is 10.2. The zero-order valence-corrected chi connectivity index (χ0v) is 24.2. The largest absolute Gasteiger partial charge is 0.744 e. The summed E-state index contributed by atoms with van der Waals surface area (Å²) in [6.07, 6.45) is -12.9. The lowest BCUT2D eigenvalue weighted by Gasteiger charge is -2.25. The number of rotatable bonds is 5. The smallest absolute Gasteiger partial charge is 0.416 e. The van der Waals surface area contributed by atoms with Gasteiger partial charge in [-0.15, -0.1) is 0 Å². The van der Waals surface area contributed by atoms with E-state index in [1.165, 1.54) is 49.1 Å². The van der Waals surface area contributed by atoms with Gasteiger partial charge in [-0.3, -0.25) is 0 Å². The number of hydrogen-bond donors (Lipinski definition) is 0. The fourth-order valence-electron chi connectivity index (χ4n) is 4.21. The van der Waals surface area contributed by atoms with E-state index < -0.39 is 52.6 Å². The van der Waals surface area contributed by atoms with E-state index in [-0.39, 0.29) is 20.8 Å². The quantitative estimate of drug-likeness (QED) is 0.124. The molecular formula is C30H22F9O3PS. The van der Waals surface area contributed by atoms with Gasteiger partial charge in [0.2, 0.25) is 0 Å². The molecular weight excluding hydrogens is 642 g/mol. The Bertz CT molecular complexity index is 1610. The molecule has 0 bridgehead atoms. The molecule has 0 aliphatic heterocycles. The summed E-state index contributed by atoms with van der Waals surface area (Å²) in [5, 5.41) is 0.0166. The van der Waals surface area contributed by atoms with E-state index in [0.29, 0.717) is 5.56 Å². The van der Waals surface area contributed by atoms with E-state index in [1.54, 1.807) is 6.07 Å². The molecule has 0 aromatic heterocycles. The highest BCUT2D eigenvalue weighted by Crippen LogP contribution is 2.53. The van der Waals surface area contributed by atoms with E-state index in [1.807, 2.05) is 0 Å². The van der Waals surface area contributed by atoms with Crippen molar-refractivity contribution >= 4 is 39.4 Å². The third-order valence-electron chi connectivity index (χ3n) is 6.48. The molecule has 234 valence electrons. The van der Waals surface area contributed by atoms with Gasteiger partial charge in [0.15, 0.2) is 0 Å². The Morgan fingerprint density at radius 2 is 0.955 bits per heavy atom. The Hall–Kier alpha value is -3.67. The standard InChI is InChI=1S/C22H15F9P.C8H8O3S/c1-32(17-8-2-5-14(11-17)20(23,24)25,18-9-3-6-15(12-18)21(26,27)28)19-10-4-7-16(13-19)22(29,30)31;1-2-7-5-3-4-6-8(7)12(9,10)11/h2-13H,1H3;2-6H,1H2,(H,9,10,11)/q+1;/p-1. The zero-order valence-electron chi connectivity index (χ0n) is 22.5. The maximum Gasteiger partial charge on any atom is 0.416 e. The zero-order chi connectivity index (χ0) is 33.1. The van der Waals surface area contributed by atoms with Gasteiger partial charge >= 0.3 is 18.5 Å². The molecule has 0 spiro atoms. The van der Waals surface area contributed by atoms with Crippen molar-refractivity contribution in [3.05, 3.63) is 126 Å². The Balaban J connectivity index is 0.000000369. The predicted molar refractivity (Wildman–Crippen MR) is 151 cm³/mol. The molecule has 0 unspecified atom stereocenters. The Labute approximate surface area is 247 Å². The molecule has 3 nitrogen and oxygen atoms in total. The Morgan fingerprint density at radius 1 is 0.614 bits per heavy atom. The molecule has 4 aromatic rings. The summed E-state index contributed by atoms with van der Waals surface area (Å²) in [7, 11) is -7.68. The van der Waals surface area contributed by atoms with Crippen LogP contribution in [0.5, 0.6) is 0 Å². The van der Waals surface area contributed by atoms with Crippen LogP contribution in [0.2, 0.25) is 0 Å². The van der Waals surface area contributed by atoms with Crippen LogP contribution in [0.4, 0.5) is 39.5 Å². The summed E-state index contributed by atoms with van der Waals surface area (Å²) in [4.78, 5) is -0.222. The van der Waals surface area contributed by atoms with Gasteiger partial charge in [0.1, 0.15) is 33.3 Å². The van der Waals surface area contributed by atoms with Crippen molar-refractivity contribution in [2.75, 3.05) is 6.66 Å². The molecule has 0 amide bonds. The van der Waals surface area contributed by atoms with Crippen molar-refractivity contribution in [3.63, 3.8) is 0 Å². The average molecular weight is 665 g/mol. The lowest BCUT2D eigenvalue weighted by Crippen LogP contribution is -2.32. The van der Waals surface area contributed by atoms with E-state index in [0.717, 1.165) is 54.6 Å². The number of benzene rings is 4. The van der Waals surface area contributed by atoms with Gasteiger partial charge in [-0.25, -0.2) is 8.42 Å². The summed E-state index contributed by atoms with van der Waals surface area (Å²) in [6.45, 7) is 4.81. The highest BCUT2D eigenvalue weighted by molar-refractivity contribution is 7.95. The molecule has 0 radical (unpaired) electrons. The topological polar surface area (TPSA) is 57.2 Å². The van der Waals surface area contributed by atoms with Crippen molar-refractivity contribution in [1.29, 1.82) is 0 Å². The summed E-state index contributed by atoms with van der Waals surface area (Å²) in [5.41, 5.74) is -2.78. The van der Waals surface area contributed by atoms with E-state index in [9.17, 15) is 52.5 Å². The van der Waals surface area contributed by atoms with Crippen LogP contribution in [-0.4, -0.2) is 19.6 Å². The molecule has 4 aromatic carbocycles. The lowest BCUT2D eigenvalue weighted by molar-refractivity contribution is -0.138. The van der Waals surface area contributed by atoms with Crippen LogP contribution < -0.4 is 15.9 Å².